The van der Waals surface area contributed by atoms with Crippen molar-refractivity contribution in [3.63, 3.8) is 0 Å². The van der Waals surface area contributed by atoms with Gasteiger partial charge in [-0.2, -0.15) is 0 Å². The van der Waals surface area contributed by atoms with Gasteiger partial charge in [0.15, 0.2) is 11.9 Å². The molecule has 11 nitrogen and oxygen atoms in total. The van der Waals surface area contributed by atoms with Crippen molar-refractivity contribution < 1.29 is 43.5 Å². The van der Waals surface area contributed by atoms with Crippen LogP contribution in [0.15, 0.2) is 24.3 Å². The van der Waals surface area contributed by atoms with Gasteiger partial charge in [0.1, 0.15) is 11.8 Å². The molecule has 44 heavy (non-hydrogen) atoms. The normalized spacial score (nSPS) is 34.9. The standard InChI is InChI=1S/C33H48N2O9/c1-19(2)18-26(29(39)34-17-15-22-7-9-23(36)10-8-22)35-27(37)12-13-28(38)40-30-21(4)25-11-6-20(3)24-14-16-32(5)42-31(41-30)33(24,25)44-43-32/h7-10,19-21,24-26,30-31,36H,6,11-18H2,1-5H3,(H,34,39)(H,35,37)/t20-,21+,24-,25+,26-,30+,31-,32+,33-/m0/s1. The van der Waals surface area contributed by atoms with Crippen molar-refractivity contribution in [1.82, 2.24) is 10.6 Å². The molecule has 244 valence electrons. The largest absolute Gasteiger partial charge is 0.508 e. The van der Waals surface area contributed by atoms with Crippen molar-refractivity contribution in [2.75, 3.05) is 6.54 Å². The molecule has 2 amide bonds. The Labute approximate surface area is 259 Å². The Balaban J connectivity index is 1.13. The van der Waals surface area contributed by atoms with Gasteiger partial charge < -0.3 is 30.0 Å². The second kappa shape index (κ2) is 13.3. The zero-order valence-electron chi connectivity index (χ0n) is 26.5. The van der Waals surface area contributed by atoms with Gasteiger partial charge in [-0.05, 0) is 74.5 Å². The molecule has 11 heteroatoms. The average Bonchev–Trinajstić information content (AvgIpc) is 3.20. The van der Waals surface area contributed by atoms with E-state index in [0.29, 0.717) is 31.7 Å². The zero-order chi connectivity index (χ0) is 31.6. The molecule has 0 radical (unpaired) electrons. The molecule has 9 atom stereocenters. The summed E-state index contributed by atoms with van der Waals surface area (Å²) in [5.41, 5.74) is 0.231. The first-order valence-corrected chi connectivity index (χ1v) is 16.1. The molecular weight excluding hydrogens is 568 g/mol. The number of hydrogen-bond donors (Lipinski definition) is 3. The van der Waals surface area contributed by atoms with E-state index in [9.17, 15) is 19.5 Å². The fourth-order valence-electron chi connectivity index (χ4n) is 7.50. The molecule has 3 N–H and O–H groups in total. The van der Waals surface area contributed by atoms with Gasteiger partial charge in [-0.1, -0.05) is 39.8 Å². The van der Waals surface area contributed by atoms with Crippen LogP contribution >= 0.6 is 0 Å². The number of nitrogens with one attached hydrogen (secondary N) is 2. The van der Waals surface area contributed by atoms with Crippen molar-refractivity contribution in [3.05, 3.63) is 29.8 Å². The number of esters is 1. The second-order valence-corrected chi connectivity index (χ2v) is 13.7. The monoisotopic (exact) mass is 616 g/mol. The summed E-state index contributed by atoms with van der Waals surface area (Å²) in [4.78, 5) is 50.7. The van der Waals surface area contributed by atoms with Crippen LogP contribution < -0.4 is 10.6 Å². The number of carbonyl (C=O) groups excluding carboxylic acids is 3. The van der Waals surface area contributed by atoms with Crippen LogP contribution in [0.5, 0.6) is 5.75 Å². The highest BCUT2D eigenvalue weighted by atomic mass is 17.3. The third-order valence-electron chi connectivity index (χ3n) is 9.91. The van der Waals surface area contributed by atoms with Crippen LogP contribution in [0.2, 0.25) is 0 Å². The number of benzene rings is 1. The summed E-state index contributed by atoms with van der Waals surface area (Å²) in [5, 5.41) is 15.1. The molecule has 0 unspecified atom stereocenters. The van der Waals surface area contributed by atoms with Crippen molar-refractivity contribution >= 4 is 17.8 Å². The smallest absolute Gasteiger partial charge is 0.308 e. The van der Waals surface area contributed by atoms with Crippen LogP contribution in [0.3, 0.4) is 0 Å². The number of phenols is 1. The first-order chi connectivity index (χ1) is 20.9. The molecule has 2 bridgehead atoms. The average molecular weight is 617 g/mol. The van der Waals surface area contributed by atoms with Crippen LogP contribution in [0, 0.1) is 29.6 Å². The van der Waals surface area contributed by atoms with Crippen molar-refractivity contribution in [2.24, 2.45) is 29.6 Å². The Morgan fingerprint density at radius 3 is 2.52 bits per heavy atom. The third kappa shape index (κ3) is 6.90. The van der Waals surface area contributed by atoms with E-state index >= 15 is 0 Å². The molecule has 4 aliphatic heterocycles. The molecule has 1 saturated carbocycles. The summed E-state index contributed by atoms with van der Waals surface area (Å²) in [6, 6.07) is 6.09. The predicted molar refractivity (Wildman–Crippen MR) is 158 cm³/mol. The first-order valence-electron chi connectivity index (χ1n) is 16.1. The second-order valence-electron chi connectivity index (χ2n) is 13.7. The number of hydrogen-bond acceptors (Lipinski definition) is 9. The Morgan fingerprint density at radius 2 is 1.80 bits per heavy atom. The van der Waals surface area contributed by atoms with Gasteiger partial charge in [0.2, 0.25) is 23.9 Å². The van der Waals surface area contributed by atoms with Gasteiger partial charge in [0, 0.05) is 31.2 Å². The minimum absolute atomic E-state index is 0.0237. The molecule has 1 aromatic rings. The number of ether oxygens (including phenoxy) is 3. The molecule has 0 aromatic heterocycles. The van der Waals surface area contributed by atoms with Crippen molar-refractivity contribution in [1.29, 1.82) is 0 Å². The van der Waals surface area contributed by atoms with Gasteiger partial charge in [0.25, 0.3) is 0 Å². The molecule has 4 saturated heterocycles. The molecular formula is C33H48N2O9. The molecule has 6 rings (SSSR count). The van der Waals surface area contributed by atoms with Crippen LogP contribution in [-0.2, 0) is 44.8 Å². The molecule has 1 spiro atoms. The lowest BCUT2D eigenvalue weighted by atomic mass is 9.58. The van der Waals surface area contributed by atoms with Crippen LogP contribution in [0.25, 0.3) is 0 Å². The molecule has 4 heterocycles. The quantitative estimate of drug-likeness (QED) is 0.247. The lowest BCUT2D eigenvalue weighted by molar-refractivity contribution is -0.576. The van der Waals surface area contributed by atoms with Gasteiger partial charge >= 0.3 is 5.97 Å². The topological polar surface area (TPSA) is 142 Å². The molecule has 5 fully saturated rings. The van der Waals surface area contributed by atoms with Gasteiger partial charge in [-0.25, -0.2) is 9.78 Å². The number of rotatable bonds is 11. The van der Waals surface area contributed by atoms with E-state index in [1.54, 1.807) is 24.3 Å². The maximum absolute atomic E-state index is 13.0. The van der Waals surface area contributed by atoms with Gasteiger partial charge in [-0.3, -0.25) is 14.4 Å². The number of fused-ring (bicyclic) bond motifs is 2. The number of phenolic OH excluding ortho intramolecular Hbond substituents is 1. The summed E-state index contributed by atoms with van der Waals surface area (Å²) in [6.45, 7) is 10.4. The first kappa shape index (κ1) is 32.7. The maximum Gasteiger partial charge on any atom is 0.308 e. The van der Waals surface area contributed by atoms with E-state index in [4.69, 9.17) is 24.0 Å². The highest BCUT2D eigenvalue weighted by Gasteiger charge is 2.69. The Hall–Kier alpha value is -2.73. The minimum atomic E-state index is -0.922. The summed E-state index contributed by atoms with van der Waals surface area (Å²) in [5.74, 6) is -1.28. The number of carbonyl (C=O) groups is 3. The summed E-state index contributed by atoms with van der Waals surface area (Å²) >= 11 is 0. The van der Waals surface area contributed by atoms with E-state index in [-0.39, 0.29) is 48.2 Å². The zero-order valence-corrected chi connectivity index (χ0v) is 26.5. The van der Waals surface area contributed by atoms with Crippen molar-refractivity contribution in [2.45, 2.75) is 116 Å². The summed E-state index contributed by atoms with van der Waals surface area (Å²) in [7, 11) is 0. The highest BCUT2D eigenvalue weighted by Crippen LogP contribution is 2.60. The van der Waals surface area contributed by atoms with E-state index in [0.717, 1.165) is 24.8 Å². The minimum Gasteiger partial charge on any atom is -0.508 e. The van der Waals surface area contributed by atoms with Crippen LogP contribution in [-0.4, -0.2) is 59.4 Å². The Kier molecular flexibility index (Phi) is 9.89. The molecule has 5 aliphatic rings. The van der Waals surface area contributed by atoms with Crippen LogP contribution in [0.1, 0.15) is 85.1 Å². The fraction of sp³-hybridized carbons (Fsp3) is 0.727. The summed E-state index contributed by atoms with van der Waals surface area (Å²) in [6.07, 6.45) is 2.77. The number of amides is 2. The summed E-state index contributed by atoms with van der Waals surface area (Å²) < 4.78 is 18.4. The van der Waals surface area contributed by atoms with Gasteiger partial charge in [-0.15, -0.1) is 0 Å². The predicted octanol–water partition coefficient (Wildman–Crippen LogP) is 4.11. The Morgan fingerprint density at radius 1 is 1.05 bits per heavy atom. The number of aromatic hydroxyl groups is 1. The van der Waals surface area contributed by atoms with Crippen molar-refractivity contribution in [3.8, 4) is 5.75 Å². The molecule has 1 aromatic carbocycles. The SMILES string of the molecule is CC(C)C[C@H](NC(=O)CCC(=O)O[C@@H]1O[C@H]2O[C@@]3(C)CC[C@H]4[C@@H](C)CC[C@H]([C@H]1C)[C@]24OO3)C(=O)NCCc1ccc(O)cc1. The van der Waals surface area contributed by atoms with E-state index in [2.05, 4.69) is 17.6 Å². The Bertz CT molecular complexity index is 1190. The van der Waals surface area contributed by atoms with Crippen LogP contribution in [0.4, 0.5) is 0 Å². The molecule has 1 aliphatic carbocycles. The van der Waals surface area contributed by atoms with E-state index in [1.807, 2.05) is 27.7 Å². The maximum atomic E-state index is 13.0. The van der Waals surface area contributed by atoms with Gasteiger partial charge in [0.05, 0.1) is 6.42 Å². The van der Waals surface area contributed by atoms with E-state index < -0.39 is 41.9 Å². The highest BCUT2D eigenvalue weighted by molar-refractivity contribution is 5.88. The third-order valence-corrected chi connectivity index (χ3v) is 9.91. The fourth-order valence-corrected chi connectivity index (χ4v) is 7.50. The lowest BCUT2D eigenvalue weighted by Crippen LogP contribution is -2.70. The van der Waals surface area contributed by atoms with E-state index in [1.165, 1.54) is 0 Å². The lowest BCUT2D eigenvalue weighted by Gasteiger charge is -2.59.